The zero-order valence-corrected chi connectivity index (χ0v) is 4.58. The fourth-order valence-electron chi connectivity index (χ4n) is 0.114. The summed E-state index contributed by atoms with van der Waals surface area (Å²) in [5, 5.41) is 9.02. The van der Waals surface area contributed by atoms with Gasteiger partial charge in [0.15, 0.2) is 0 Å². The summed E-state index contributed by atoms with van der Waals surface area (Å²) in [6, 6.07) is 0. The van der Waals surface area contributed by atoms with Crippen molar-refractivity contribution in [1.29, 1.82) is 0 Å². The Morgan fingerprint density at radius 2 is 1.88 bits per heavy atom. The maximum Gasteiger partial charge on any atom is 0.0564 e. The van der Waals surface area contributed by atoms with Crippen molar-refractivity contribution in [3.05, 3.63) is 0 Å². The second-order valence-corrected chi connectivity index (χ2v) is 0.895. The molecule has 0 fully saturated rings. The third kappa shape index (κ3) is 6.25. The van der Waals surface area contributed by atoms with Crippen molar-refractivity contribution < 1.29 is 21.6 Å². The van der Waals surface area contributed by atoms with E-state index in [1.807, 2.05) is 0 Å². The van der Waals surface area contributed by atoms with Gasteiger partial charge >= 0.3 is 0 Å². The molecule has 0 aliphatic rings. The van der Waals surface area contributed by atoms with Gasteiger partial charge in [0, 0.05) is 26.1 Å². The van der Waals surface area contributed by atoms with Gasteiger partial charge in [-0.2, -0.15) is 0 Å². The Bertz CT molecular complexity index is 329. The van der Waals surface area contributed by atoms with Gasteiger partial charge in [0.05, 0.1) is 2.74 Å². The lowest BCUT2D eigenvalue weighted by Crippen LogP contribution is -1.82. The molecule has 2 heteroatoms. The van der Waals surface area contributed by atoms with E-state index in [0.717, 1.165) is 0 Å². The normalized spacial score (nSPS) is 42.8. The molecule has 0 rings (SSSR count). The molecule has 0 aliphatic heterocycles. The Morgan fingerprint density at radius 1 is 1.25 bits per heavy atom. The molecular formula is C6H13ClO. The van der Waals surface area contributed by atoms with E-state index in [2.05, 4.69) is 0 Å². The predicted octanol–water partition coefficient (Wildman–Crippen LogP) is 1.78. The monoisotopic (exact) mass is 148 g/mol. The number of rotatable bonds is 5. The van der Waals surface area contributed by atoms with Crippen LogP contribution in [-0.2, 0) is 0 Å². The van der Waals surface area contributed by atoms with Gasteiger partial charge in [0.25, 0.3) is 0 Å². The number of halogens is 1. The molecular weight excluding hydrogens is 124 g/mol. The number of aliphatic hydroxyl groups is 1. The van der Waals surface area contributed by atoms with Crippen LogP contribution in [0.3, 0.4) is 0 Å². The predicted molar refractivity (Wildman–Crippen MR) is 36.3 cm³/mol. The lowest BCUT2D eigenvalue weighted by atomic mass is 10.2. The highest BCUT2D eigenvalue weighted by molar-refractivity contribution is 6.17. The minimum absolute atomic E-state index is 3.40. The zero-order valence-electron chi connectivity index (χ0n) is 15.8. The van der Waals surface area contributed by atoms with Gasteiger partial charge in [-0.1, -0.05) is 12.7 Å². The van der Waals surface area contributed by atoms with E-state index in [1.165, 1.54) is 0 Å². The Labute approximate surface area is 72.5 Å². The van der Waals surface area contributed by atoms with Crippen molar-refractivity contribution in [1.82, 2.24) is 0 Å². The van der Waals surface area contributed by atoms with Crippen molar-refractivity contribution in [2.24, 2.45) is 0 Å². The van der Waals surface area contributed by atoms with E-state index in [4.69, 9.17) is 33.2 Å². The van der Waals surface area contributed by atoms with Crippen molar-refractivity contribution in [2.75, 3.05) is 12.4 Å². The van der Waals surface area contributed by atoms with Crippen LogP contribution in [0, 0.1) is 0 Å². The molecule has 0 unspecified atom stereocenters. The molecule has 0 aliphatic carbocycles. The highest BCUT2D eigenvalue weighted by Gasteiger charge is 1.84. The van der Waals surface area contributed by atoms with Gasteiger partial charge < -0.3 is 5.11 Å². The van der Waals surface area contributed by atoms with E-state index in [9.17, 15) is 0 Å². The highest BCUT2D eigenvalue weighted by Crippen LogP contribution is 1.99. The van der Waals surface area contributed by atoms with Crippen LogP contribution >= 0.6 is 11.6 Å². The molecule has 0 saturated carbocycles. The first-order valence-electron chi connectivity index (χ1n) is 7.66. The molecule has 0 bridgehead atoms. The average molecular weight is 149 g/mol. The van der Waals surface area contributed by atoms with Crippen LogP contribution in [0.4, 0.5) is 0 Å². The number of hydrogen-bond donors (Lipinski definition) is 1. The Balaban J connectivity index is 6.08. The molecule has 50 valence electrons. The van der Waals surface area contributed by atoms with Crippen LogP contribution in [0.2, 0.25) is 0 Å². The van der Waals surface area contributed by atoms with Crippen LogP contribution in [0.15, 0.2) is 0 Å². The fourth-order valence-corrected chi connectivity index (χ4v) is 0.161. The third-order valence-corrected chi connectivity index (χ3v) is 0.385. The summed E-state index contributed by atoms with van der Waals surface area (Å²) in [7, 11) is 0. The van der Waals surface area contributed by atoms with E-state index >= 15 is 0 Å². The topological polar surface area (TPSA) is 20.2 Å². The molecule has 8 heavy (non-hydrogen) atoms. The minimum atomic E-state index is -3.94. The molecule has 0 atom stereocenters. The quantitative estimate of drug-likeness (QED) is 0.590. The summed E-state index contributed by atoms with van der Waals surface area (Å²) in [5.74, 6) is -3.40. The first-order valence-corrected chi connectivity index (χ1v) is 2.04. The highest BCUT2D eigenvalue weighted by atomic mass is 35.5. The van der Waals surface area contributed by atoms with Crippen LogP contribution in [0.5, 0.6) is 0 Å². The second-order valence-electron chi connectivity index (χ2n) is 0.706. The van der Waals surface area contributed by atoms with E-state index < -0.39 is 37.9 Å². The van der Waals surface area contributed by atoms with E-state index in [1.54, 1.807) is 0 Å². The van der Waals surface area contributed by atoms with Crippen LogP contribution in [0.1, 0.15) is 41.9 Å². The molecule has 0 amide bonds. The summed E-state index contributed by atoms with van der Waals surface area (Å²) in [6.45, 7) is -3.83. The summed E-state index contributed by atoms with van der Waals surface area (Å²) in [5.41, 5.74) is 0. The summed E-state index contributed by atoms with van der Waals surface area (Å²) in [6.07, 6.45) is -15.4. The Hall–Kier alpha value is 0.250. The van der Waals surface area contributed by atoms with Crippen LogP contribution in [0.25, 0.3) is 0 Å². The minimum Gasteiger partial charge on any atom is -0.396 e. The molecule has 0 heterocycles. The maximum absolute atomic E-state index is 9.02. The van der Waals surface area contributed by atoms with Gasteiger partial charge in [0.2, 0.25) is 0 Å². The summed E-state index contributed by atoms with van der Waals surface area (Å²) < 4.78 is 86.2. The Morgan fingerprint density at radius 3 is 2.38 bits per heavy atom. The van der Waals surface area contributed by atoms with Gasteiger partial charge in [0.1, 0.15) is 0 Å². The number of hydrogen-bond acceptors (Lipinski definition) is 1. The van der Waals surface area contributed by atoms with Gasteiger partial charge in [-0.15, -0.1) is 11.6 Å². The first-order chi connectivity index (χ1) is 8.25. The van der Waals surface area contributed by atoms with Crippen LogP contribution < -0.4 is 0 Å². The van der Waals surface area contributed by atoms with Crippen molar-refractivity contribution in [3.8, 4) is 0 Å². The van der Waals surface area contributed by atoms with Crippen molar-refractivity contribution in [2.45, 2.75) is 25.5 Å². The maximum atomic E-state index is 9.02. The molecule has 1 nitrogen and oxygen atoms in total. The lowest BCUT2D eigenvalue weighted by molar-refractivity contribution is 0.283. The molecule has 0 spiro atoms. The van der Waals surface area contributed by atoms with Gasteiger partial charge in [-0.3, -0.25) is 0 Å². The average Bonchev–Trinajstić information content (AvgIpc) is 2.12. The Kier molecular flexibility index (Phi) is 1.06. The van der Waals surface area contributed by atoms with Gasteiger partial charge in [-0.05, 0) is 12.7 Å². The smallest absolute Gasteiger partial charge is 0.0564 e. The SMILES string of the molecule is [2H]C([2H])(O)C([2H])([2H])C([2H])([2H])C([2H])([2H])C([2H])([2H])C([2H])([2H])Cl. The summed E-state index contributed by atoms with van der Waals surface area (Å²) in [4.78, 5) is 0. The summed E-state index contributed by atoms with van der Waals surface area (Å²) >= 11 is 5.05. The molecule has 1 N–H and O–H groups in total. The number of alkyl halides is 1. The van der Waals surface area contributed by atoms with E-state index in [0.29, 0.717) is 0 Å². The van der Waals surface area contributed by atoms with Gasteiger partial charge in [-0.25, -0.2) is 0 Å². The van der Waals surface area contributed by atoms with Crippen molar-refractivity contribution >= 4 is 11.6 Å². The second kappa shape index (κ2) is 7.25. The third-order valence-electron chi connectivity index (χ3n) is 0.291. The van der Waals surface area contributed by atoms with E-state index in [-0.39, 0.29) is 0 Å². The van der Waals surface area contributed by atoms with Crippen LogP contribution in [-0.4, -0.2) is 17.5 Å². The largest absolute Gasteiger partial charge is 0.396 e. The molecule has 0 radical (unpaired) electrons. The fraction of sp³-hybridized carbons (Fsp3) is 1.00. The first kappa shape index (κ1) is 1.17. The molecule has 0 aromatic heterocycles. The molecule has 0 aromatic rings. The standard InChI is InChI=1S/C6H13ClO/c7-5-3-1-2-4-6-8/h8H,1-6H2/i1D2,2D2,3D2,4D2,5D2,6D2. The molecule has 0 saturated heterocycles. The molecule has 0 aromatic carbocycles. The lowest BCUT2D eigenvalue weighted by Gasteiger charge is -1.92. The zero-order chi connectivity index (χ0) is 17.0. The van der Waals surface area contributed by atoms with Crippen molar-refractivity contribution in [3.63, 3.8) is 0 Å².